The molecule has 1 rings (SSSR count). The van der Waals surface area contributed by atoms with E-state index in [1.54, 1.807) is 13.2 Å². The van der Waals surface area contributed by atoms with Crippen LogP contribution < -0.4 is 11.1 Å². The average Bonchev–Trinajstić information content (AvgIpc) is 2.53. The van der Waals surface area contributed by atoms with Gasteiger partial charge in [0.1, 0.15) is 0 Å². The number of aromatic nitrogens is 2. The number of carbonyl (C=O) groups excluding carboxylic acids is 1. The van der Waals surface area contributed by atoms with E-state index in [1.165, 1.54) is 4.68 Å². The minimum atomic E-state index is -0.529. The van der Waals surface area contributed by atoms with Gasteiger partial charge in [0.2, 0.25) is 0 Å². The third-order valence-electron chi connectivity index (χ3n) is 2.04. The Morgan fingerprint density at radius 1 is 1.80 bits per heavy atom. The predicted octanol–water partition coefficient (Wildman–Crippen LogP) is -0.497. The molecule has 1 heterocycles. The maximum Gasteiger partial charge on any atom is 0.274 e. The van der Waals surface area contributed by atoms with Gasteiger partial charge >= 0.3 is 0 Å². The van der Waals surface area contributed by atoms with Gasteiger partial charge in [-0.1, -0.05) is 6.92 Å². The smallest absolute Gasteiger partial charge is 0.274 e. The summed E-state index contributed by atoms with van der Waals surface area (Å²) in [5, 5.41) is 15.7. The standard InChI is InChI=1S/C9H16N4O2/c1-3-6(14)4-11-9(15)8-7(10)5-13(2)12-8/h5-6,14H,3-4,10H2,1-2H3,(H,11,15). The number of nitrogen functional groups attached to an aromatic ring is 1. The molecule has 0 bridgehead atoms. The number of aryl methyl sites for hydroxylation is 1. The lowest BCUT2D eigenvalue weighted by molar-refractivity contribution is 0.0909. The van der Waals surface area contributed by atoms with Crippen molar-refractivity contribution in [3.05, 3.63) is 11.9 Å². The first-order valence-corrected chi connectivity index (χ1v) is 4.80. The maximum absolute atomic E-state index is 11.5. The van der Waals surface area contributed by atoms with E-state index in [9.17, 15) is 9.90 Å². The Hall–Kier alpha value is -1.56. The monoisotopic (exact) mass is 212 g/mol. The number of carbonyl (C=O) groups is 1. The molecular weight excluding hydrogens is 196 g/mol. The highest BCUT2D eigenvalue weighted by molar-refractivity contribution is 5.96. The van der Waals surface area contributed by atoms with Crippen molar-refractivity contribution in [2.24, 2.45) is 7.05 Å². The molecule has 0 saturated carbocycles. The van der Waals surface area contributed by atoms with E-state index in [-0.39, 0.29) is 18.1 Å². The van der Waals surface area contributed by atoms with Crippen LogP contribution >= 0.6 is 0 Å². The summed E-state index contributed by atoms with van der Waals surface area (Å²) in [5.74, 6) is -0.361. The third kappa shape index (κ3) is 2.95. The second-order valence-corrected chi connectivity index (χ2v) is 3.38. The second-order valence-electron chi connectivity index (χ2n) is 3.38. The van der Waals surface area contributed by atoms with Gasteiger partial charge in [0.15, 0.2) is 5.69 Å². The summed E-state index contributed by atoms with van der Waals surface area (Å²) in [6.07, 6.45) is 1.63. The molecule has 0 aliphatic rings. The van der Waals surface area contributed by atoms with Gasteiger partial charge in [0.25, 0.3) is 5.91 Å². The highest BCUT2D eigenvalue weighted by Gasteiger charge is 2.14. The van der Waals surface area contributed by atoms with Crippen LogP contribution in [0.4, 0.5) is 5.69 Å². The number of rotatable bonds is 4. The average molecular weight is 212 g/mol. The zero-order valence-electron chi connectivity index (χ0n) is 8.90. The van der Waals surface area contributed by atoms with Crippen LogP contribution in [0.3, 0.4) is 0 Å². The van der Waals surface area contributed by atoms with Crippen LogP contribution in [-0.2, 0) is 7.05 Å². The van der Waals surface area contributed by atoms with Gasteiger partial charge in [0.05, 0.1) is 11.8 Å². The van der Waals surface area contributed by atoms with Gasteiger partial charge in [0, 0.05) is 19.8 Å². The van der Waals surface area contributed by atoms with Crippen molar-refractivity contribution < 1.29 is 9.90 Å². The van der Waals surface area contributed by atoms with E-state index < -0.39 is 6.10 Å². The maximum atomic E-state index is 11.5. The van der Waals surface area contributed by atoms with Crippen LogP contribution in [0.25, 0.3) is 0 Å². The largest absolute Gasteiger partial charge is 0.396 e. The molecule has 1 amide bonds. The fourth-order valence-electron chi connectivity index (χ4n) is 1.12. The van der Waals surface area contributed by atoms with Crippen LogP contribution in [0.1, 0.15) is 23.8 Å². The lowest BCUT2D eigenvalue weighted by Crippen LogP contribution is -2.32. The normalized spacial score (nSPS) is 12.5. The first-order chi connectivity index (χ1) is 7.04. The van der Waals surface area contributed by atoms with Crippen LogP contribution in [0.15, 0.2) is 6.20 Å². The topological polar surface area (TPSA) is 93.2 Å². The Balaban J connectivity index is 2.58. The molecule has 6 heteroatoms. The Kier molecular flexibility index (Phi) is 3.68. The number of anilines is 1. The second kappa shape index (κ2) is 4.79. The Morgan fingerprint density at radius 3 is 2.93 bits per heavy atom. The van der Waals surface area contributed by atoms with Gasteiger partial charge in [-0.25, -0.2) is 0 Å². The molecule has 0 spiro atoms. The van der Waals surface area contributed by atoms with E-state index in [0.717, 1.165) is 0 Å². The van der Waals surface area contributed by atoms with Crippen molar-refractivity contribution in [2.45, 2.75) is 19.4 Å². The van der Waals surface area contributed by atoms with Crippen molar-refractivity contribution in [1.82, 2.24) is 15.1 Å². The van der Waals surface area contributed by atoms with E-state index in [4.69, 9.17) is 5.73 Å². The van der Waals surface area contributed by atoms with E-state index >= 15 is 0 Å². The zero-order chi connectivity index (χ0) is 11.4. The van der Waals surface area contributed by atoms with Crippen molar-refractivity contribution in [3.8, 4) is 0 Å². The molecule has 6 nitrogen and oxygen atoms in total. The molecule has 0 aliphatic heterocycles. The molecule has 0 radical (unpaired) electrons. The van der Waals surface area contributed by atoms with E-state index in [0.29, 0.717) is 12.1 Å². The van der Waals surface area contributed by atoms with Gasteiger partial charge in [-0.05, 0) is 6.42 Å². The number of hydrogen-bond donors (Lipinski definition) is 3. The van der Waals surface area contributed by atoms with Crippen molar-refractivity contribution >= 4 is 11.6 Å². The number of hydrogen-bond acceptors (Lipinski definition) is 4. The number of nitrogens with zero attached hydrogens (tertiary/aromatic N) is 2. The first-order valence-electron chi connectivity index (χ1n) is 4.80. The summed E-state index contributed by atoms with van der Waals surface area (Å²) in [5.41, 5.74) is 6.10. The summed E-state index contributed by atoms with van der Waals surface area (Å²) < 4.78 is 1.47. The van der Waals surface area contributed by atoms with Crippen molar-refractivity contribution in [1.29, 1.82) is 0 Å². The van der Waals surface area contributed by atoms with E-state index in [2.05, 4.69) is 10.4 Å². The summed E-state index contributed by atoms with van der Waals surface area (Å²) in [6.45, 7) is 2.05. The number of aliphatic hydroxyl groups excluding tert-OH is 1. The van der Waals surface area contributed by atoms with Gasteiger partial charge < -0.3 is 16.2 Å². The number of aliphatic hydroxyl groups is 1. The number of nitrogens with two attached hydrogens (primary N) is 1. The molecular formula is C9H16N4O2. The lowest BCUT2D eigenvalue weighted by atomic mass is 10.2. The summed E-state index contributed by atoms with van der Waals surface area (Å²) in [4.78, 5) is 11.5. The lowest BCUT2D eigenvalue weighted by Gasteiger charge is -2.08. The van der Waals surface area contributed by atoms with Crippen LogP contribution in [0, 0.1) is 0 Å². The van der Waals surface area contributed by atoms with E-state index in [1.807, 2.05) is 6.92 Å². The Bertz CT molecular complexity index is 348. The summed E-state index contributed by atoms with van der Waals surface area (Å²) in [7, 11) is 1.69. The minimum absolute atomic E-state index is 0.195. The third-order valence-corrected chi connectivity index (χ3v) is 2.04. The van der Waals surface area contributed by atoms with Gasteiger partial charge in [-0.3, -0.25) is 9.48 Å². The fourth-order valence-corrected chi connectivity index (χ4v) is 1.12. The Labute approximate surface area is 88.1 Å². The molecule has 0 fully saturated rings. The summed E-state index contributed by atoms with van der Waals surface area (Å²) >= 11 is 0. The minimum Gasteiger partial charge on any atom is -0.396 e. The molecule has 0 saturated heterocycles. The van der Waals surface area contributed by atoms with Crippen LogP contribution in [0.5, 0.6) is 0 Å². The van der Waals surface area contributed by atoms with Crippen LogP contribution in [-0.4, -0.2) is 33.4 Å². The summed E-state index contributed by atoms with van der Waals surface area (Å²) in [6, 6.07) is 0. The quantitative estimate of drug-likeness (QED) is 0.627. The van der Waals surface area contributed by atoms with Crippen molar-refractivity contribution in [3.63, 3.8) is 0 Å². The molecule has 0 aromatic carbocycles. The first kappa shape index (κ1) is 11.5. The number of nitrogens with one attached hydrogen (secondary N) is 1. The molecule has 1 aromatic heterocycles. The molecule has 1 unspecified atom stereocenters. The predicted molar refractivity (Wildman–Crippen MR) is 56.3 cm³/mol. The molecule has 1 aromatic rings. The van der Waals surface area contributed by atoms with Gasteiger partial charge in [-0.15, -0.1) is 0 Å². The fraction of sp³-hybridized carbons (Fsp3) is 0.556. The SMILES string of the molecule is CCC(O)CNC(=O)c1nn(C)cc1N. The highest BCUT2D eigenvalue weighted by Crippen LogP contribution is 2.07. The molecule has 15 heavy (non-hydrogen) atoms. The molecule has 4 N–H and O–H groups in total. The zero-order valence-corrected chi connectivity index (χ0v) is 8.90. The van der Waals surface area contributed by atoms with Gasteiger partial charge in [-0.2, -0.15) is 5.10 Å². The van der Waals surface area contributed by atoms with Crippen molar-refractivity contribution in [2.75, 3.05) is 12.3 Å². The molecule has 84 valence electrons. The Morgan fingerprint density at radius 2 is 2.47 bits per heavy atom. The molecule has 1 atom stereocenters. The molecule has 0 aliphatic carbocycles. The highest BCUT2D eigenvalue weighted by atomic mass is 16.3. The number of amides is 1. The van der Waals surface area contributed by atoms with Crippen LogP contribution in [0.2, 0.25) is 0 Å².